The predicted molar refractivity (Wildman–Crippen MR) is 117 cm³/mol. The fourth-order valence-electron chi connectivity index (χ4n) is 2.93. The number of halogens is 3. The zero-order valence-electron chi connectivity index (χ0n) is 17.0. The summed E-state index contributed by atoms with van der Waals surface area (Å²) in [5.74, 6) is -1.64. The van der Waals surface area contributed by atoms with Crippen LogP contribution in [0.25, 0.3) is 0 Å². The number of rotatable bonds is 7. The molecule has 1 unspecified atom stereocenters. The molecule has 3 aromatic carbocycles. The fraction of sp³-hybridized carbons (Fsp3) is 0.136. The maximum atomic E-state index is 14.0. The number of ether oxygens (including phenoxy) is 1. The molecule has 10 heteroatoms. The van der Waals surface area contributed by atoms with Crippen molar-refractivity contribution in [3.8, 4) is 5.75 Å². The number of benzene rings is 3. The molecule has 3 rings (SSSR count). The molecular formula is C22H19ClF2N2O4S. The average molecular weight is 481 g/mol. The van der Waals surface area contributed by atoms with E-state index in [1.54, 1.807) is 12.1 Å². The number of anilines is 1. The minimum Gasteiger partial charge on any atom is -0.497 e. The number of nitrogens with one attached hydrogen (secondary N) is 2. The molecule has 0 aromatic heterocycles. The Bertz CT molecular complexity index is 1250. The maximum absolute atomic E-state index is 14.0. The number of hydrogen-bond acceptors (Lipinski definition) is 4. The molecule has 2 N–H and O–H groups in total. The summed E-state index contributed by atoms with van der Waals surface area (Å²) in [6.45, 7) is 1.52. The molecule has 0 heterocycles. The van der Waals surface area contributed by atoms with Gasteiger partial charge in [0, 0.05) is 22.9 Å². The zero-order chi connectivity index (χ0) is 23.5. The summed E-state index contributed by atoms with van der Waals surface area (Å²) in [5.41, 5.74) is 0.360. The van der Waals surface area contributed by atoms with E-state index in [2.05, 4.69) is 10.0 Å². The monoisotopic (exact) mass is 480 g/mol. The van der Waals surface area contributed by atoms with Gasteiger partial charge in [-0.1, -0.05) is 17.7 Å². The summed E-state index contributed by atoms with van der Waals surface area (Å²) in [4.78, 5) is 12.3. The largest absolute Gasteiger partial charge is 0.497 e. The normalized spacial score (nSPS) is 12.2. The highest BCUT2D eigenvalue weighted by Crippen LogP contribution is 2.26. The Balaban J connectivity index is 1.82. The Labute approximate surface area is 189 Å². The molecule has 0 radical (unpaired) electrons. The Hall–Kier alpha value is -3.17. The first-order chi connectivity index (χ1) is 15.1. The van der Waals surface area contributed by atoms with Crippen molar-refractivity contribution < 1.29 is 26.7 Å². The Morgan fingerprint density at radius 2 is 1.72 bits per heavy atom. The second kappa shape index (κ2) is 9.54. The van der Waals surface area contributed by atoms with E-state index < -0.39 is 33.6 Å². The number of carbonyl (C=O) groups excluding carboxylic acids is 1. The van der Waals surface area contributed by atoms with Gasteiger partial charge in [-0.3, -0.25) is 9.52 Å². The van der Waals surface area contributed by atoms with Crippen LogP contribution in [0.1, 0.15) is 28.9 Å². The van der Waals surface area contributed by atoms with Gasteiger partial charge < -0.3 is 10.1 Å². The highest BCUT2D eigenvalue weighted by Gasteiger charge is 2.22. The first-order valence-electron chi connectivity index (χ1n) is 9.33. The summed E-state index contributed by atoms with van der Waals surface area (Å²) < 4.78 is 60.2. The van der Waals surface area contributed by atoms with Gasteiger partial charge >= 0.3 is 0 Å². The van der Waals surface area contributed by atoms with E-state index in [9.17, 15) is 22.0 Å². The van der Waals surface area contributed by atoms with E-state index >= 15 is 0 Å². The highest BCUT2D eigenvalue weighted by molar-refractivity contribution is 7.92. The van der Waals surface area contributed by atoms with Gasteiger partial charge in [-0.25, -0.2) is 17.2 Å². The molecule has 0 aliphatic heterocycles. The molecule has 0 spiro atoms. The molecule has 32 heavy (non-hydrogen) atoms. The molecule has 6 nitrogen and oxygen atoms in total. The van der Waals surface area contributed by atoms with Crippen molar-refractivity contribution in [1.29, 1.82) is 0 Å². The van der Waals surface area contributed by atoms with Gasteiger partial charge in [0.05, 0.1) is 18.2 Å². The average Bonchev–Trinajstić information content (AvgIpc) is 2.74. The van der Waals surface area contributed by atoms with Crippen molar-refractivity contribution in [2.75, 3.05) is 11.8 Å². The minimum atomic E-state index is -4.12. The van der Waals surface area contributed by atoms with Gasteiger partial charge in [-0.05, 0) is 55.5 Å². The molecule has 0 saturated heterocycles. The zero-order valence-corrected chi connectivity index (χ0v) is 18.6. The van der Waals surface area contributed by atoms with E-state index in [1.807, 2.05) is 0 Å². The number of amides is 1. The van der Waals surface area contributed by atoms with Crippen LogP contribution in [0.2, 0.25) is 5.02 Å². The molecule has 3 aromatic rings. The van der Waals surface area contributed by atoms with Crippen LogP contribution in [-0.4, -0.2) is 21.4 Å². The van der Waals surface area contributed by atoms with Gasteiger partial charge in [0.1, 0.15) is 22.3 Å². The Morgan fingerprint density at radius 1 is 1.03 bits per heavy atom. The number of methoxy groups -OCH3 is 1. The van der Waals surface area contributed by atoms with E-state index in [1.165, 1.54) is 44.4 Å². The van der Waals surface area contributed by atoms with Gasteiger partial charge in [0.2, 0.25) is 0 Å². The molecule has 0 aliphatic rings. The second-order valence-corrected chi connectivity index (χ2v) is 8.90. The molecule has 0 saturated carbocycles. The Morgan fingerprint density at radius 3 is 2.34 bits per heavy atom. The topological polar surface area (TPSA) is 84.5 Å². The lowest BCUT2D eigenvalue weighted by atomic mass is 10.1. The van der Waals surface area contributed by atoms with Crippen LogP contribution in [0.4, 0.5) is 14.5 Å². The van der Waals surface area contributed by atoms with Crippen molar-refractivity contribution in [1.82, 2.24) is 5.32 Å². The molecule has 0 aliphatic carbocycles. The summed E-state index contributed by atoms with van der Waals surface area (Å²) in [7, 11) is -2.63. The summed E-state index contributed by atoms with van der Waals surface area (Å²) >= 11 is 6.08. The molecular weight excluding hydrogens is 462 g/mol. The second-order valence-electron chi connectivity index (χ2n) is 6.84. The lowest BCUT2D eigenvalue weighted by Gasteiger charge is -2.16. The van der Waals surface area contributed by atoms with E-state index in [0.29, 0.717) is 5.75 Å². The van der Waals surface area contributed by atoms with Crippen LogP contribution in [0, 0.1) is 11.6 Å². The first-order valence-corrected chi connectivity index (χ1v) is 11.2. The lowest BCUT2D eigenvalue weighted by Crippen LogP contribution is -2.27. The summed E-state index contributed by atoms with van der Waals surface area (Å²) in [5, 5.41) is 2.48. The van der Waals surface area contributed by atoms with Gasteiger partial charge in [-0.2, -0.15) is 0 Å². The third-order valence-electron chi connectivity index (χ3n) is 4.60. The fourth-order valence-corrected chi connectivity index (χ4v) is 4.52. The van der Waals surface area contributed by atoms with Crippen LogP contribution in [0.15, 0.2) is 65.6 Å². The van der Waals surface area contributed by atoms with Gasteiger partial charge in [-0.15, -0.1) is 0 Å². The molecule has 168 valence electrons. The number of carbonyl (C=O) groups is 1. The van der Waals surface area contributed by atoms with Gasteiger partial charge in [0.25, 0.3) is 15.9 Å². The smallest absolute Gasteiger partial charge is 0.263 e. The minimum absolute atomic E-state index is 0.00104. The molecule has 0 bridgehead atoms. The standard InChI is InChI=1S/C22H19ClF2N2O4S/c1-13(18-9-4-15(24)12-20(18)25)26-22(28)14-3-10-19(23)21(11-14)32(29,30)27-16-5-7-17(31-2)8-6-16/h3-13,27H,1-2H3,(H,26,28). The van der Waals surface area contributed by atoms with Crippen molar-refractivity contribution in [2.45, 2.75) is 17.9 Å². The third kappa shape index (κ3) is 5.35. The predicted octanol–water partition coefficient (Wildman–Crippen LogP) is 4.92. The Kier molecular flexibility index (Phi) is 7.00. The summed E-state index contributed by atoms with van der Waals surface area (Å²) in [6, 6.07) is 12.2. The van der Waals surface area contributed by atoms with Crippen molar-refractivity contribution in [3.05, 3.63) is 88.4 Å². The van der Waals surface area contributed by atoms with Crippen molar-refractivity contribution in [2.24, 2.45) is 0 Å². The van der Waals surface area contributed by atoms with Crippen molar-refractivity contribution in [3.63, 3.8) is 0 Å². The molecule has 1 amide bonds. The van der Waals surface area contributed by atoms with Crippen molar-refractivity contribution >= 4 is 33.2 Å². The van der Waals surface area contributed by atoms with Gasteiger partial charge in [0.15, 0.2) is 0 Å². The van der Waals surface area contributed by atoms with E-state index in [-0.39, 0.29) is 26.7 Å². The number of hydrogen-bond donors (Lipinski definition) is 2. The molecule has 0 fully saturated rings. The maximum Gasteiger partial charge on any atom is 0.263 e. The highest BCUT2D eigenvalue weighted by atomic mass is 35.5. The van der Waals surface area contributed by atoms with E-state index in [0.717, 1.165) is 18.2 Å². The van der Waals surface area contributed by atoms with Crippen LogP contribution in [-0.2, 0) is 10.0 Å². The summed E-state index contributed by atoms with van der Waals surface area (Å²) in [6.07, 6.45) is 0. The van der Waals surface area contributed by atoms with Crippen LogP contribution >= 0.6 is 11.6 Å². The molecule has 1 atom stereocenters. The lowest BCUT2D eigenvalue weighted by molar-refractivity contribution is 0.0939. The quantitative estimate of drug-likeness (QED) is 0.502. The van der Waals surface area contributed by atoms with Crippen LogP contribution in [0.3, 0.4) is 0 Å². The number of sulfonamides is 1. The first kappa shape index (κ1) is 23.5. The van der Waals surface area contributed by atoms with Crippen LogP contribution < -0.4 is 14.8 Å². The van der Waals surface area contributed by atoms with Crippen LogP contribution in [0.5, 0.6) is 5.75 Å². The third-order valence-corrected chi connectivity index (χ3v) is 6.46. The van der Waals surface area contributed by atoms with E-state index in [4.69, 9.17) is 16.3 Å². The SMILES string of the molecule is COc1ccc(NS(=O)(=O)c2cc(C(=O)NC(C)c3ccc(F)cc3F)ccc2Cl)cc1.